The zero-order chi connectivity index (χ0) is 21.9. The lowest BCUT2D eigenvalue weighted by Crippen LogP contribution is -2.43. The van der Waals surface area contributed by atoms with Crippen LogP contribution in [0, 0.1) is 41.9 Å². The maximum atomic E-state index is 13.0. The van der Waals surface area contributed by atoms with Crippen LogP contribution in [0.3, 0.4) is 0 Å². The Labute approximate surface area is 185 Å². The summed E-state index contributed by atoms with van der Waals surface area (Å²) in [6, 6.07) is 6.34. The lowest BCUT2D eigenvalue weighted by molar-refractivity contribution is -0.132. The normalized spacial score (nSPS) is 29.8. The number of fused-ring (bicyclic) bond motifs is 1. The van der Waals surface area contributed by atoms with Crippen LogP contribution in [-0.2, 0) is 11.2 Å². The Morgan fingerprint density at radius 1 is 1.17 bits per heavy atom. The summed E-state index contributed by atoms with van der Waals surface area (Å²) in [6.45, 7) is 11.9. The minimum Gasteiger partial charge on any atom is -0.497 e. The molecule has 2 saturated carbocycles. The number of carbonyl (C=O) groups is 1. The third kappa shape index (κ3) is 4.94. The molecule has 2 fully saturated rings. The SMILES string of the molecule is COc1ccc(C)c(CC[C@H]2C(=O)CC[C@]3(C)[C@@H]([C@H](C)CCCC(C)C)CC[C@@H]23)c1. The van der Waals surface area contributed by atoms with E-state index < -0.39 is 0 Å². The second-order valence-electron chi connectivity index (χ2n) is 11.0. The third-order valence-electron chi connectivity index (χ3n) is 8.70. The van der Waals surface area contributed by atoms with Crippen LogP contribution >= 0.6 is 0 Å². The molecule has 2 nitrogen and oxygen atoms in total. The van der Waals surface area contributed by atoms with Crippen LogP contribution in [0.2, 0.25) is 0 Å². The highest BCUT2D eigenvalue weighted by Crippen LogP contribution is 2.60. The van der Waals surface area contributed by atoms with Gasteiger partial charge in [-0.05, 0) is 91.4 Å². The van der Waals surface area contributed by atoms with Gasteiger partial charge in [-0.2, -0.15) is 0 Å². The highest BCUT2D eigenvalue weighted by atomic mass is 16.5. The van der Waals surface area contributed by atoms with Crippen molar-refractivity contribution in [2.24, 2.45) is 35.0 Å². The Hall–Kier alpha value is -1.31. The smallest absolute Gasteiger partial charge is 0.136 e. The molecular formula is C28H44O2. The van der Waals surface area contributed by atoms with E-state index >= 15 is 0 Å². The molecule has 2 heteroatoms. The summed E-state index contributed by atoms with van der Waals surface area (Å²) in [5.41, 5.74) is 3.01. The van der Waals surface area contributed by atoms with Crippen molar-refractivity contribution in [1.82, 2.24) is 0 Å². The molecule has 0 amide bonds. The molecule has 0 aliphatic heterocycles. The molecule has 0 saturated heterocycles. The van der Waals surface area contributed by atoms with Crippen LogP contribution in [0.25, 0.3) is 0 Å². The number of aryl methyl sites for hydroxylation is 2. The molecule has 0 unspecified atom stereocenters. The van der Waals surface area contributed by atoms with Crippen molar-refractivity contribution in [2.75, 3.05) is 7.11 Å². The number of ether oxygens (including phenoxy) is 1. The average molecular weight is 413 g/mol. The van der Waals surface area contributed by atoms with Crippen LogP contribution < -0.4 is 4.74 Å². The summed E-state index contributed by atoms with van der Waals surface area (Å²) >= 11 is 0. The molecule has 5 atom stereocenters. The van der Waals surface area contributed by atoms with Gasteiger partial charge in [0.1, 0.15) is 11.5 Å². The van der Waals surface area contributed by atoms with Crippen molar-refractivity contribution in [1.29, 1.82) is 0 Å². The first-order valence-corrected chi connectivity index (χ1v) is 12.4. The molecule has 1 aromatic carbocycles. The predicted octanol–water partition coefficient (Wildman–Crippen LogP) is 7.41. The van der Waals surface area contributed by atoms with Crippen LogP contribution in [-0.4, -0.2) is 12.9 Å². The predicted molar refractivity (Wildman–Crippen MR) is 126 cm³/mol. The summed E-state index contributed by atoms with van der Waals surface area (Å²) in [4.78, 5) is 13.0. The van der Waals surface area contributed by atoms with Gasteiger partial charge in [-0.25, -0.2) is 0 Å². The van der Waals surface area contributed by atoms with Gasteiger partial charge in [0.2, 0.25) is 0 Å². The molecule has 2 aliphatic rings. The zero-order valence-corrected chi connectivity index (χ0v) is 20.3. The Morgan fingerprint density at radius 3 is 2.63 bits per heavy atom. The van der Waals surface area contributed by atoms with Crippen LogP contribution in [0.4, 0.5) is 0 Å². The summed E-state index contributed by atoms with van der Waals surface area (Å²) in [5.74, 6) is 4.68. The highest BCUT2D eigenvalue weighted by Gasteiger charge is 2.54. The highest BCUT2D eigenvalue weighted by molar-refractivity contribution is 5.82. The lowest BCUT2D eigenvalue weighted by Gasteiger charge is -2.46. The maximum absolute atomic E-state index is 13.0. The minimum absolute atomic E-state index is 0.252. The number of rotatable bonds is 9. The van der Waals surface area contributed by atoms with Gasteiger partial charge in [-0.3, -0.25) is 4.79 Å². The van der Waals surface area contributed by atoms with Crippen molar-refractivity contribution in [3.05, 3.63) is 29.3 Å². The van der Waals surface area contributed by atoms with Crippen molar-refractivity contribution in [3.8, 4) is 5.75 Å². The molecule has 3 rings (SSSR count). The van der Waals surface area contributed by atoms with Crippen molar-refractivity contribution < 1.29 is 9.53 Å². The Bertz CT molecular complexity index is 721. The first-order valence-electron chi connectivity index (χ1n) is 12.4. The van der Waals surface area contributed by atoms with E-state index in [1.165, 1.54) is 43.2 Å². The molecular weight excluding hydrogens is 368 g/mol. The van der Waals surface area contributed by atoms with Gasteiger partial charge in [-0.1, -0.05) is 53.0 Å². The van der Waals surface area contributed by atoms with Gasteiger partial charge in [0.15, 0.2) is 0 Å². The standard InChI is InChI=1S/C28H44O2/c1-19(2)8-7-9-21(4)25-14-15-26-24(27(29)16-17-28(25,26)5)13-11-22-18-23(30-6)12-10-20(22)3/h10,12,18-19,21,24-26H,7-9,11,13-17H2,1-6H3/t21-,24-,25-,26+,28-/m1/s1. The first-order chi connectivity index (χ1) is 14.3. The number of hydrogen-bond donors (Lipinski definition) is 0. The van der Waals surface area contributed by atoms with Gasteiger partial charge in [0, 0.05) is 12.3 Å². The number of carbonyl (C=O) groups excluding carboxylic acids is 1. The number of ketones is 1. The summed E-state index contributed by atoms with van der Waals surface area (Å²) in [7, 11) is 1.73. The second-order valence-corrected chi connectivity index (χ2v) is 11.0. The molecule has 30 heavy (non-hydrogen) atoms. The summed E-state index contributed by atoms with van der Waals surface area (Å²) < 4.78 is 5.43. The fourth-order valence-electron chi connectivity index (χ4n) is 6.83. The monoisotopic (exact) mass is 412 g/mol. The fourth-order valence-corrected chi connectivity index (χ4v) is 6.83. The molecule has 0 spiro atoms. The largest absolute Gasteiger partial charge is 0.497 e. The van der Waals surface area contributed by atoms with E-state index in [1.807, 2.05) is 6.07 Å². The first kappa shape index (κ1) is 23.4. The minimum atomic E-state index is 0.252. The van der Waals surface area contributed by atoms with E-state index in [0.717, 1.165) is 49.2 Å². The van der Waals surface area contributed by atoms with E-state index in [-0.39, 0.29) is 5.92 Å². The quantitative estimate of drug-likeness (QED) is 0.422. The van der Waals surface area contributed by atoms with Gasteiger partial charge in [-0.15, -0.1) is 0 Å². The molecule has 0 bridgehead atoms. The number of methoxy groups -OCH3 is 1. The molecule has 168 valence electrons. The van der Waals surface area contributed by atoms with Crippen LogP contribution in [0.5, 0.6) is 5.75 Å². The lowest BCUT2D eigenvalue weighted by atomic mass is 9.58. The summed E-state index contributed by atoms with van der Waals surface area (Å²) in [5, 5.41) is 0. The molecule has 0 aromatic heterocycles. The van der Waals surface area contributed by atoms with Crippen LogP contribution in [0.15, 0.2) is 18.2 Å². The van der Waals surface area contributed by atoms with Gasteiger partial charge >= 0.3 is 0 Å². The third-order valence-corrected chi connectivity index (χ3v) is 8.70. The van der Waals surface area contributed by atoms with Gasteiger partial charge in [0.05, 0.1) is 7.11 Å². The van der Waals surface area contributed by atoms with Crippen molar-refractivity contribution in [3.63, 3.8) is 0 Å². The van der Waals surface area contributed by atoms with E-state index in [9.17, 15) is 4.79 Å². The fraction of sp³-hybridized carbons (Fsp3) is 0.750. The average Bonchev–Trinajstić information content (AvgIpc) is 3.05. The number of hydrogen-bond acceptors (Lipinski definition) is 2. The molecule has 1 aromatic rings. The zero-order valence-electron chi connectivity index (χ0n) is 20.3. The Morgan fingerprint density at radius 2 is 1.93 bits per heavy atom. The molecule has 0 radical (unpaired) electrons. The van der Waals surface area contributed by atoms with Crippen LogP contribution in [0.1, 0.15) is 90.2 Å². The second kappa shape index (κ2) is 9.88. The Balaban J connectivity index is 1.68. The summed E-state index contributed by atoms with van der Waals surface area (Å²) in [6.07, 6.45) is 10.5. The van der Waals surface area contributed by atoms with E-state index in [1.54, 1.807) is 7.11 Å². The van der Waals surface area contributed by atoms with E-state index in [0.29, 0.717) is 17.1 Å². The Kier molecular flexibility index (Phi) is 7.69. The number of benzene rings is 1. The molecule has 0 N–H and O–H groups in total. The molecule has 2 aliphatic carbocycles. The van der Waals surface area contributed by atoms with Crippen molar-refractivity contribution >= 4 is 5.78 Å². The van der Waals surface area contributed by atoms with E-state index in [2.05, 4.69) is 46.8 Å². The number of Topliss-reactive ketones (excluding diaryl/α,β-unsaturated/α-hetero) is 1. The molecule has 0 heterocycles. The van der Waals surface area contributed by atoms with Gasteiger partial charge < -0.3 is 4.74 Å². The topological polar surface area (TPSA) is 26.3 Å². The van der Waals surface area contributed by atoms with Crippen molar-refractivity contribution in [2.45, 2.75) is 92.4 Å². The maximum Gasteiger partial charge on any atom is 0.136 e. The van der Waals surface area contributed by atoms with Gasteiger partial charge in [0.25, 0.3) is 0 Å². The van der Waals surface area contributed by atoms with E-state index in [4.69, 9.17) is 4.74 Å².